The molecule has 2 rings (SSSR count). The van der Waals surface area contributed by atoms with E-state index in [-0.39, 0.29) is 5.82 Å². The number of hydrogen-bond acceptors (Lipinski definition) is 3. The third-order valence-electron chi connectivity index (χ3n) is 2.37. The van der Waals surface area contributed by atoms with Gasteiger partial charge < -0.3 is 5.32 Å². The molecule has 0 atom stereocenters. The van der Waals surface area contributed by atoms with Crippen LogP contribution in [-0.2, 0) is 6.42 Å². The topological polar surface area (TPSA) is 37.8 Å². The maximum Gasteiger partial charge on any atom is 0.146 e. The Bertz CT molecular complexity index is 531. The molecule has 0 bridgehead atoms. The van der Waals surface area contributed by atoms with Crippen LogP contribution in [0.1, 0.15) is 12.5 Å². The summed E-state index contributed by atoms with van der Waals surface area (Å²) < 4.78 is 13.5. The highest BCUT2D eigenvalue weighted by atomic mass is 35.5. The smallest absolute Gasteiger partial charge is 0.146 e. The zero-order valence-electron chi connectivity index (χ0n) is 9.24. The number of hydrogen-bond donors (Lipinski definition) is 1. The van der Waals surface area contributed by atoms with Crippen LogP contribution in [0.3, 0.4) is 0 Å². The lowest BCUT2D eigenvalue weighted by atomic mass is 10.2. The summed E-state index contributed by atoms with van der Waals surface area (Å²) in [6.07, 6.45) is 2.03. The maximum absolute atomic E-state index is 13.5. The Balaban J connectivity index is 2.37. The number of halogens is 2. The fourth-order valence-corrected chi connectivity index (χ4v) is 1.77. The summed E-state index contributed by atoms with van der Waals surface area (Å²) in [6.45, 7) is 1.94. The van der Waals surface area contributed by atoms with Crippen molar-refractivity contribution in [3.8, 4) is 0 Å². The van der Waals surface area contributed by atoms with E-state index < -0.39 is 0 Å². The Hall–Kier alpha value is -1.68. The van der Waals surface area contributed by atoms with Crippen molar-refractivity contribution in [2.24, 2.45) is 0 Å². The minimum Gasteiger partial charge on any atom is -0.337 e. The zero-order chi connectivity index (χ0) is 12.3. The van der Waals surface area contributed by atoms with Crippen molar-refractivity contribution in [1.29, 1.82) is 0 Å². The predicted octanol–water partition coefficient (Wildman–Crippen LogP) is 3.58. The Morgan fingerprint density at radius 2 is 2.06 bits per heavy atom. The first-order chi connectivity index (χ1) is 8.22. The lowest BCUT2D eigenvalue weighted by molar-refractivity contribution is 0.631. The molecule has 1 aromatic heterocycles. The first kappa shape index (κ1) is 11.8. The van der Waals surface area contributed by atoms with Crippen molar-refractivity contribution in [3.05, 3.63) is 47.1 Å². The summed E-state index contributed by atoms with van der Waals surface area (Å²) in [5, 5.41) is 3.31. The molecule has 0 fully saturated rings. The Labute approximate surface area is 104 Å². The van der Waals surface area contributed by atoms with Crippen molar-refractivity contribution in [2.45, 2.75) is 13.3 Å². The van der Waals surface area contributed by atoms with Gasteiger partial charge in [-0.3, -0.25) is 0 Å². The number of nitrogens with one attached hydrogen (secondary N) is 1. The van der Waals surface area contributed by atoms with E-state index >= 15 is 0 Å². The monoisotopic (exact) mass is 251 g/mol. The number of aromatic nitrogens is 2. The Morgan fingerprint density at radius 3 is 2.76 bits per heavy atom. The molecule has 3 nitrogen and oxygen atoms in total. The lowest BCUT2D eigenvalue weighted by Gasteiger charge is -2.10. The van der Waals surface area contributed by atoms with Crippen LogP contribution in [0.5, 0.6) is 0 Å². The number of nitrogens with zero attached hydrogens (tertiary/aromatic N) is 2. The van der Waals surface area contributed by atoms with Crippen LogP contribution in [0.15, 0.2) is 30.6 Å². The molecule has 0 saturated carbocycles. The average molecular weight is 252 g/mol. The Morgan fingerprint density at radius 1 is 1.29 bits per heavy atom. The van der Waals surface area contributed by atoms with E-state index in [0.29, 0.717) is 23.1 Å². The van der Waals surface area contributed by atoms with Gasteiger partial charge >= 0.3 is 0 Å². The Kier molecular flexibility index (Phi) is 3.54. The number of benzene rings is 1. The van der Waals surface area contributed by atoms with Gasteiger partial charge in [-0.2, -0.15) is 0 Å². The third kappa shape index (κ3) is 2.53. The van der Waals surface area contributed by atoms with E-state index in [1.54, 1.807) is 18.2 Å². The molecule has 0 unspecified atom stereocenters. The molecule has 1 N–H and O–H groups in total. The summed E-state index contributed by atoms with van der Waals surface area (Å²) in [5.74, 6) is 0.210. The van der Waals surface area contributed by atoms with Gasteiger partial charge in [0.25, 0.3) is 0 Å². The van der Waals surface area contributed by atoms with Crippen LogP contribution in [0.4, 0.5) is 15.9 Å². The van der Waals surface area contributed by atoms with E-state index in [1.807, 2.05) is 6.92 Å². The molecule has 0 spiro atoms. The van der Waals surface area contributed by atoms with Gasteiger partial charge in [0.15, 0.2) is 0 Å². The van der Waals surface area contributed by atoms with Crippen LogP contribution in [-0.4, -0.2) is 9.97 Å². The largest absolute Gasteiger partial charge is 0.337 e. The van der Waals surface area contributed by atoms with Gasteiger partial charge in [-0.15, -0.1) is 0 Å². The summed E-state index contributed by atoms with van der Waals surface area (Å²) >= 11 is 5.95. The second kappa shape index (κ2) is 5.10. The van der Waals surface area contributed by atoms with Crippen molar-refractivity contribution in [2.75, 3.05) is 5.32 Å². The van der Waals surface area contributed by atoms with Crippen molar-refractivity contribution < 1.29 is 4.39 Å². The molecule has 5 heteroatoms. The molecule has 0 aliphatic carbocycles. The molecule has 0 radical (unpaired) electrons. The highest BCUT2D eigenvalue weighted by Crippen LogP contribution is 2.24. The van der Waals surface area contributed by atoms with Crippen LogP contribution in [0, 0.1) is 5.82 Å². The highest BCUT2D eigenvalue weighted by molar-refractivity contribution is 6.30. The highest BCUT2D eigenvalue weighted by Gasteiger charge is 2.09. The summed E-state index contributed by atoms with van der Waals surface area (Å²) in [7, 11) is 0. The second-order valence-electron chi connectivity index (χ2n) is 3.45. The van der Waals surface area contributed by atoms with E-state index in [4.69, 9.17) is 11.6 Å². The van der Waals surface area contributed by atoms with E-state index in [2.05, 4.69) is 15.3 Å². The molecule has 0 aliphatic heterocycles. The van der Waals surface area contributed by atoms with Gasteiger partial charge in [0, 0.05) is 5.56 Å². The minimum absolute atomic E-state index is 0.329. The SMILES string of the molecule is CCc1c(Cl)ncnc1Nc1ccccc1F. The second-order valence-corrected chi connectivity index (χ2v) is 3.81. The molecule has 0 aliphatic rings. The normalized spacial score (nSPS) is 10.3. The minimum atomic E-state index is -0.329. The third-order valence-corrected chi connectivity index (χ3v) is 2.70. The predicted molar refractivity (Wildman–Crippen MR) is 66.1 cm³/mol. The van der Waals surface area contributed by atoms with Crippen molar-refractivity contribution >= 4 is 23.1 Å². The summed E-state index contributed by atoms with van der Waals surface area (Å²) in [6, 6.07) is 6.41. The van der Waals surface area contributed by atoms with Gasteiger partial charge in [-0.1, -0.05) is 30.7 Å². The van der Waals surface area contributed by atoms with Crippen LogP contribution < -0.4 is 5.32 Å². The van der Waals surface area contributed by atoms with Gasteiger partial charge in [0.2, 0.25) is 0 Å². The number of para-hydroxylation sites is 1. The first-order valence-electron chi connectivity index (χ1n) is 5.23. The van der Waals surface area contributed by atoms with E-state index in [9.17, 15) is 4.39 Å². The van der Waals surface area contributed by atoms with Crippen LogP contribution in [0.2, 0.25) is 5.15 Å². The fraction of sp³-hybridized carbons (Fsp3) is 0.167. The summed E-state index contributed by atoms with van der Waals surface area (Å²) in [4.78, 5) is 7.97. The fourth-order valence-electron chi connectivity index (χ4n) is 1.50. The molecule has 88 valence electrons. The molecule has 17 heavy (non-hydrogen) atoms. The number of rotatable bonds is 3. The van der Waals surface area contributed by atoms with E-state index in [0.717, 1.165) is 5.56 Å². The van der Waals surface area contributed by atoms with Gasteiger partial charge in [0.1, 0.15) is 23.1 Å². The van der Waals surface area contributed by atoms with Crippen molar-refractivity contribution in [1.82, 2.24) is 9.97 Å². The zero-order valence-corrected chi connectivity index (χ0v) is 10.0. The van der Waals surface area contributed by atoms with Gasteiger partial charge in [-0.25, -0.2) is 14.4 Å². The van der Waals surface area contributed by atoms with Crippen LogP contribution >= 0.6 is 11.6 Å². The maximum atomic E-state index is 13.5. The molecule has 0 amide bonds. The average Bonchev–Trinajstić information content (AvgIpc) is 2.32. The number of anilines is 2. The van der Waals surface area contributed by atoms with Gasteiger partial charge in [-0.05, 0) is 18.6 Å². The molecular weight excluding hydrogens is 241 g/mol. The standard InChI is InChI=1S/C12H11ClFN3/c1-2-8-11(13)15-7-16-12(8)17-10-6-4-3-5-9(10)14/h3-7H,2H2,1H3,(H,15,16,17). The quantitative estimate of drug-likeness (QED) is 0.848. The van der Waals surface area contributed by atoms with E-state index in [1.165, 1.54) is 12.4 Å². The van der Waals surface area contributed by atoms with Gasteiger partial charge in [0.05, 0.1) is 5.69 Å². The summed E-state index contributed by atoms with van der Waals surface area (Å²) in [5.41, 5.74) is 1.15. The molecule has 1 heterocycles. The molecule has 1 aromatic carbocycles. The van der Waals surface area contributed by atoms with Crippen LogP contribution in [0.25, 0.3) is 0 Å². The molecule has 0 saturated heterocycles. The lowest BCUT2D eigenvalue weighted by Crippen LogP contribution is -2.01. The molecule has 2 aromatic rings. The first-order valence-corrected chi connectivity index (χ1v) is 5.61. The van der Waals surface area contributed by atoms with Crippen molar-refractivity contribution in [3.63, 3.8) is 0 Å². The molecular formula is C12H11ClFN3.